The van der Waals surface area contributed by atoms with Crippen molar-refractivity contribution in [2.75, 3.05) is 27.0 Å². The van der Waals surface area contributed by atoms with Crippen molar-refractivity contribution in [3.8, 4) is 17.2 Å². The highest BCUT2D eigenvalue weighted by atomic mass is 16.7. The molecule has 1 N–H and O–H groups in total. The van der Waals surface area contributed by atoms with E-state index in [2.05, 4.69) is 4.90 Å². The highest BCUT2D eigenvalue weighted by molar-refractivity contribution is 5.70. The Morgan fingerprint density at radius 3 is 2.85 bits per heavy atom. The summed E-state index contributed by atoms with van der Waals surface area (Å²) in [6.07, 6.45) is 1.57. The standard InChI is InChI=1S/C21H23NO5/c1-25-17-7-3-2-6-16(17)20(22-10-4-5-15(12-22)21(23)24)14-8-9-18-19(11-14)27-13-26-18/h2-3,6-9,11,15,20H,4-5,10,12-13H2,1H3,(H,23,24). The van der Waals surface area contributed by atoms with E-state index in [4.69, 9.17) is 14.2 Å². The lowest BCUT2D eigenvalue weighted by Gasteiger charge is -2.38. The van der Waals surface area contributed by atoms with Crippen LogP contribution < -0.4 is 14.2 Å². The Balaban J connectivity index is 1.76. The van der Waals surface area contributed by atoms with Crippen LogP contribution in [0, 0.1) is 5.92 Å². The van der Waals surface area contributed by atoms with Crippen LogP contribution in [0.3, 0.4) is 0 Å². The van der Waals surface area contributed by atoms with Gasteiger partial charge in [0.25, 0.3) is 0 Å². The van der Waals surface area contributed by atoms with Crippen molar-refractivity contribution in [1.29, 1.82) is 0 Å². The Morgan fingerprint density at radius 2 is 2.04 bits per heavy atom. The van der Waals surface area contributed by atoms with E-state index in [1.54, 1.807) is 7.11 Å². The van der Waals surface area contributed by atoms with E-state index in [1.165, 1.54) is 0 Å². The number of benzene rings is 2. The van der Waals surface area contributed by atoms with Crippen LogP contribution in [0.25, 0.3) is 0 Å². The molecule has 6 heteroatoms. The molecule has 0 aromatic heterocycles. The molecule has 0 radical (unpaired) electrons. The van der Waals surface area contributed by atoms with Gasteiger partial charge in [0.15, 0.2) is 11.5 Å². The van der Waals surface area contributed by atoms with Crippen molar-refractivity contribution in [2.45, 2.75) is 18.9 Å². The first-order valence-electron chi connectivity index (χ1n) is 9.16. The van der Waals surface area contributed by atoms with Crippen molar-refractivity contribution in [1.82, 2.24) is 4.90 Å². The molecule has 2 aromatic carbocycles. The summed E-state index contributed by atoms with van der Waals surface area (Å²) in [4.78, 5) is 13.8. The molecule has 142 valence electrons. The molecule has 2 aromatic rings. The number of methoxy groups -OCH3 is 1. The zero-order chi connectivity index (χ0) is 18.8. The summed E-state index contributed by atoms with van der Waals surface area (Å²) in [5.74, 6) is 1.16. The van der Waals surface area contributed by atoms with Gasteiger partial charge in [-0.05, 0) is 43.1 Å². The van der Waals surface area contributed by atoms with Crippen LogP contribution in [0.2, 0.25) is 0 Å². The Labute approximate surface area is 158 Å². The van der Waals surface area contributed by atoms with Gasteiger partial charge in [-0.1, -0.05) is 24.3 Å². The number of rotatable bonds is 5. The second kappa shape index (κ2) is 7.48. The van der Waals surface area contributed by atoms with Gasteiger partial charge in [0, 0.05) is 12.1 Å². The zero-order valence-corrected chi connectivity index (χ0v) is 15.3. The number of ether oxygens (including phenoxy) is 3. The van der Waals surface area contributed by atoms with Gasteiger partial charge < -0.3 is 19.3 Å². The molecule has 2 aliphatic heterocycles. The van der Waals surface area contributed by atoms with Gasteiger partial charge >= 0.3 is 5.97 Å². The number of hydrogen-bond donors (Lipinski definition) is 1. The second-order valence-corrected chi connectivity index (χ2v) is 6.93. The van der Waals surface area contributed by atoms with Gasteiger partial charge in [0.2, 0.25) is 6.79 Å². The van der Waals surface area contributed by atoms with Gasteiger partial charge in [0.1, 0.15) is 5.75 Å². The minimum Gasteiger partial charge on any atom is -0.496 e. The SMILES string of the molecule is COc1ccccc1C(c1ccc2c(c1)OCO2)N1CCCC(C(=O)O)C1. The average molecular weight is 369 g/mol. The quantitative estimate of drug-likeness (QED) is 0.872. The minimum absolute atomic E-state index is 0.113. The molecule has 1 fully saturated rings. The van der Waals surface area contributed by atoms with Crippen LogP contribution >= 0.6 is 0 Å². The smallest absolute Gasteiger partial charge is 0.307 e. The number of aliphatic carboxylic acids is 1. The number of nitrogens with zero attached hydrogens (tertiary/aromatic N) is 1. The minimum atomic E-state index is -0.732. The predicted octanol–water partition coefficient (Wildman–Crippen LogP) is 3.31. The molecule has 0 amide bonds. The molecule has 2 unspecified atom stereocenters. The maximum atomic E-state index is 11.6. The Bertz CT molecular complexity index is 837. The third-order valence-corrected chi connectivity index (χ3v) is 5.31. The van der Waals surface area contributed by atoms with Crippen molar-refractivity contribution >= 4 is 5.97 Å². The predicted molar refractivity (Wildman–Crippen MR) is 99.3 cm³/mol. The maximum absolute atomic E-state index is 11.6. The van der Waals surface area contributed by atoms with E-state index in [1.807, 2.05) is 42.5 Å². The molecule has 2 atom stereocenters. The molecule has 6 nitrogen and oxygen atoms in total. The Hall–Kier alpha value is -2.73. The Kier molecular flexibility index (Phi) is 4.90. The summed E-state index contributed by atoms with van der Waals surface area (Å²) < 4.78 is 16.6. The molecule has 0 bridgehead atoms. The van der Waals surface area contributed by atoms with Gasteiger partial charge in [-0.25, -0.2) is 0 Å². The number of carbonyl (C=O) groups is 1. The molecule has 0 spiro atoms. The number of piperidine rings is 1. The summed E-state index contributed by atoms with van der Waals surface area (Å²) in [6, 6.07) is 13.7. The maximum Gasteiger partial charge on any atom is 0.307 e. The van der Waals surface area contributed by atoms with Crippen molar-refractivity contribution in [3.05, 3.63) is 53.6 Å². The monoisotopic (exact) mass is 369 g/mol. The van der Waals surface area contributed by atoms with Crippen LogP contribution in [0.5, 0.6) is 17.2 Å². The third-order valence-electron chi connectivity index (χ3n) is 5.31. The molecule has 2 heterocycles. The number of hydrogen-bond acceptors (Lipinski definition) is 5. The van der Waals surface area contributed by atoms with Crippen LogP contribution in [0.1, 0.15) is 30.0 Å². The average Bonchev–Trinajstić information content (AvgIpc) is 3.17. The molecule has 2 aliphatic rings. The molecule has 27 heavy (non-hydrogen) atoms. The van der Waals surface area contributed by atoms with E-state index >= 15 is 0 Å². The van der Waals surface area contributed by atoms with E-state index in [0.717, 1.165) is 41.3 Å². The third kappa shape index (κ3) is 3.45. The number of para-hydroxylation sites is 1. The number of fused-ring (bicyclic) bond motifs is 1. The van der Waals surface area contributed by atoms with Crippen LogP contribution in [-0.4, -0.2) is 43.0 Å². The molecular formula is C21H23NO5. The summed E-state index contributed by atoms with van der Waals surface area (Å²) in [5, 5.41) is 9.52. The van der Waals surface area contributed by atoms with Crippen molar-refractivity contribution in [2.24, 2.45) is 5.92 Å². The van der Waals surface area contributed by atoms with Crippen LogP contribution in [-0.2, 0) is 4.79 Å². The first-order valence-corrected chi connectivity index (χ1v) is 9.16. The van der Waals surface area contributed by atoms with Crippen molar-refractivity contribution in [3.63, 3.8) is 0 Å². The van der Waals surface area contributed by atoms with E-state index < -0.39 is 5.97 Å². The number of carboxylic acid groups (broad SMARTS) is 1. The lowest BCUT2D eigenvalue weighted by Crippen LogP contribution is -2.41. The van der Waals surface area contributed by atoms with E-state index in [-0.39, 0.29) is 18.8 Å². The molecule has 1 saturated heterocycles. The zero-order valence-electron chi connectivity index (χ0n) is 15.3. The van der Waals surface area contributed by atoms with Gasteiger partial charge in [-0.2, -0.15) is 0 Å². The molecule has 0 aliphatic carbocycles. The van der Waals surface area contributed by atoms with Gasteiger partial charge in [-0.15, -0.1) is 0 Å². The fourth-order valence-corrected chi connectivity index (χ4v) is 4.01. The number of carboxylic acids is 1. The molecule has 4 rings (SSSR count). The lowest BCUT2D eigenvalue weighted by atomic mass is 9.91. The fourth-order valence-electron chi connectivity index (χ4n) is 4.01. The largest absolute Gasteiger partial charge is 0.496 e. The second-order valence-electron chi connectivity index (χ2n) is 6.93. The fraction of sp³-hybridized carbons (Fsp3) is 0.381. The molecular weight excluding hydrogens is 346 g/mol. The van der Waals surface area contributed by atoms with Gasteiger partial charge in [0.05, 0.1) is 19.1 Å². The summed E-state index contributed by atoms with van der Waals surface area (Å²) >= 11 is 0. The highest BCUT2D eigenvalue weighted by Gasteiger charge is 2.33. The van der Waals surface area contributed by atoms with Crippen LogP contribution in [0.4, 0.5) is 0 Å². The summed E-state index contributed by atoms with van der Waals surface area (Å²) in [7, 11) is 1.66. The summed E-state index contributed by atoms with van der Waals surface area (Å²) in [5.41, 5.74) is 2.06. The van der Waals surface area contributed by atoms with Crippen molar-refractivity contribution < 1.29 is 24.1 Å². The van der Waals surface area contributed by atoms with Crippen LogP contribution in [0.15, 0.2) is 42.5 Å². The highest BCUT2D eigenvalue weighted by Crippen LogP contribution is 2.41. The first-order chi connectivity index (χ1) is 13.2. The number of likely N-dealkylation sites (tertiary alicyclic amines) is 1. The normalized spacial score (nSPS) is 20.3. The van der Waals surface area contributed by atoms with E-state index in [0.29, 0.717) is 13.0 Å². The topological polar surface area (TPSA) is 68.2 Å². The molecule has 0 saturated carbocycles. The lowest BCUT2D eigenvalue weighted by molar-refractivity contribution is -0.143. The van der Waals surface area contributed by atoms with Gasteiger partial charge in [-0.3, -0.25) is 9.69 Å². The first kappa shape index (κ1) is 17.7. The Morgan fingerprint density at radius 1 is 1.22 bits per heavy atom. The summed E-state index contributed by atoms with van der Waals surface area (Å²) in [6.45, 7) is 1.57. The van der Waals surface area contributed by atoms with E-state index in [9.17, 15) is 9.90 Å².